The number of aliphatic hydroxyl groups excluding tert-OH is 1. The number of Topliss-reactive ketones (excluding diaryl/α,β-unsaturated/α-hetero) is 1. The molecule has 0 amide bonds. The van der Waals surface area contributed by atoms with Crippen LogP contribution in [-0.2, 0) is 17.6 Å². The Bertz CT molecular complexity index is 1250. The molecule has 0 saturated carbocycles. The number of ketones is 1. The fraction of sp³-hybridized carbons (Fsp3) is 0.419. The number of aliphatic imine (C=N–C) groups is 1. The number of carbonyl (C=O) groups is 1. The largest absolute Gasteiger partial charge is 0.504 e. The van der Waals surface area contributed by atoms with Crippen LogP contribution >= 0.6 is 0 Å². The molecule has 8 heteroatoms. The number of aryl methyl sites for hydroxylation is 1. The van der Waals surface area contributed by atoms with Gasteiger partial charge in [-0.3, -0.25) is 9.79 Å². The number of phenolic OH excluding ortho intramolecular Hbond substituents is 1. The molecule has 0 fully saturated rings. The van der Waals surface area contributed by atoms with Crippen molar-refractivity contribution < 1.29 is 19.7 Å². The summed E-state index contributed by atoms with van der Waals surface area (Å²) in [5.74, 6) is 0.481. The first-order valence-electron chi connectivity index (χ1n) is 13.8. The van der Waals surface area contributed by atoms with Crippen molar-refractivity contribution in [3.8, 4) is 11.5 Å². The summed E-state index contributed by atoms with van der Waals surface area (Å²) in [6.07, 6.45) is 8.41. The Hall–Kier alpha value is -3.46. The number of fused-ring (bicyclic) bond motifs is 1. The van der Waals surface area contributed by atoms with Crippen molar-refractivity contribution in [2.75, 3.05) is 13.3 Å². The second-order valence-electron chi connectivity index (χ2n) is 10.4. The van der Waals surface area contributed by atoms with Crippen molar-refractivity contribution in [3.63, 3.8) is 0 Å². The number of aromatic hydroxyl groups is 1. The van der Waals surface area contributed by atoms with Gasteiger partial charge in [-0.05, 0) is 53.7 Å². The number of hydrogen-bond acceptors (Lipinski definition) is 8. The minimum Gasteiger partial charge on any atom is -0.504 e. The zero-order chi connectivity index (χ0) is 27.8. The van der Waals surface area contributed by atoms with E-state index in [4.69, 9.17) is 16.2 Å². The van der Waals surface area contributed by atoms with Gasteiger partial charge in [-0.1, -0.05) is 56.5 Å². The van der Waals surface area contributed by atoms with E-state index < -0.39 is 12.3 Å². The molecule has 6 N–H and O–H groups in total. The van der Waals surface area contributed by atoms with Crippen LogP contribution in [0.5, 0.6) is 11.5 Å². The summed E-state index contributed by atoms with van der Waals surface area (Å²) >= 11 is 0. The zero-order valence-corrected chi connectivity index (χ0v) is 22.7. The van der Waals surface area contributed by atoms with E-state index in [1.54, 1.807) is 18.2 Å². The number of nitrogens with two attached hydrogens (primary N) is 2. The van der Waals surface area contributed by atoms with Crippen LogP contribution in [0, 0.1) is 0 Å². The molecule has 0 bridgehead atoms. The lowest BCUT2D eigenvalue weighted by atomic mass is 9.99. The van der Waals surface area contributed by atoms with Crippen LogP contribution < -0.4 is 16.2 Å². The maximum absolute atomic E-state index is 12.3. The summed E-state index contributed by atoms with van der Waals surface area (Å²) in [6.45, 7) is 3.04. The van der Waals surface area contributed by atoms with Gasteiger partial charge in [0.25, 0.3) is 0 Å². The standard InChI is InChI=1S/C31H40N4O4/c1-2-3-4-8-25(36)16-26(37)11-9-21-10-12-29(38)30(15-21)39-20-35-18-27-24(17-34-28(27)19-35)14-22-6-5-7-23(13-22)31(32)33/h5-7,10,12-13,15,17,19,25,31,36,38H,2-4,8-9,11,14,16,18,20,32-33H2,1H3. The Morgan fingerprint density at radius 3 is 2.79 bits per heavy atom. The van der Waals surface area contributed by atoms with Gasteiger partial charge in [0, 0.05) is 37.4 Å². The minimum absolute atomic E-state index is 0.0482. The zero-order valence-electron chi connectivity index (χ0n) is 22.7. The lowest BCUT2D eigenvalue weighted by molar-refractivity contribution is -0.121. The van der Waals surface area contributed by atoms with E-state index in [0.717, 1.165) is 59.2 Å². The van der Waals surface area contributed by atoms with Crippen molar-refractivity contribution in [2.24, 2.45) is 16.5 Å². The third kappa shape index (κ3) is 8.02. The van der Waals surface area contributed by atoms with Crippen LogP contribution in [0.3, 0.4) is 0 Å². The predicted octanol–water partition coefficient (Wildman–Crippen LogP) is 4.26. The lowest BCUT2D eigenvalue weighted by Gasteiger charge is -2.18. The molecule has 2 aromatic carbocycles. The maximum Gasteiger partial charge on any atom is 0.163 e. The molecule has 1 unspecified atom stereocenters. The number of hydrogen-bond donors (Lipinski definition) is 4. The van der Waals surface area contributed by atoms with Crippen LogP contribution in [-0.4, -0.2) is 46.5 Å². The molecule has 2 aromatic rings. The highest BCUT2D eigenvalue weighted by Gasteiger charge is 2.25. The molecule has 39 heavy (non-hydrogen) atoms. The van der Waals surface area contributed by atoms with Gasteiger partial charge in [0.15, 0.2) is 18.2 Å². The number of unbranched alkanes of at least 4 members (excludes halogenated alkanes) is 2. The average molecular weight is 533 g/mol. The van der Waals surface area contributed by atoms with Crippen LogP contribution in [0.1, 0.15) is 68.3 Å². The van der Waals surface area contributed by atoms with Crippen LogP contribution in [0.15, 0.2) is 70.5 Å². The third-order valence-corrected chi connectivity index (χ3v) is 7.16. The lowest BCUT2D eigenvalue weighted by Crippen LogP contribution is -2.21. The van der Waals surface area contributed by atoms with Crippen molar-refractivity contribution in [1.29, 1.82) is 0 Å². The van der Waals surface area contributed by atoms with E-state index in [0.29, 0.717) is 31.6 Å². The molecule has 0 saturated heterocycles. The van der Waals surface area contributed by atoms with Gasteiger partial charge in [0.05, 0.1) is 18.0 Å². The van der Waals surface area contributed by atoms with E-state index in [9.17, 15) is 15.0 Å². The Labute approximate surface area is 230 Å². The molecule has 0 aromatic heterocycles. The topological polar surface area (TPSA) is 134 Å². The van der Waals surface area contributed by atoms with Gasteiger partial charge >= 0.3 is 0 Å². The normalized spacial score (nSPS) is 15.2. The number of phenols is 1. The number of aliphatic hydroxyl groups is 1. The van der Waals surface area contributed by atoms with Gasteiger partial charge in [-0.25, -0.2) is 0 Å². The van der Waals surface area contributed by atoms with Crippen molar-refractivity contribution in [2.45, 2.75) is 70.6 Å². The van der Waals surface area contributed by atoms with Gasteiger partial charge < -0.3 is 31.3 Å². The molecular formula is C31H40N4O4. The van der Waals surface area contributed by atoms with E-state index in [1.807, 2.05) is 35.5 Å². The van der Waals surface area contributed by atoms with Crippen LogP contribution in [0.25, 0.3) is 0 Å². The first-order valence-corrected chi connectivity index (χ1v) is 13.8. The van der Waals surface area contributed by atoms with E-state index in [2.05, 4.69) is 18.0 Å². The highest BCUT2D eigenvalue weighted by atomic mass is 16.5. The van der Waals surface area contributed by atoms with Gasteiger partial charge in [0.1, 0.15) is 5.78 Å². The Morgan fingerprint density at radius 2 is 2.00 bits per heavy atom. The SMILES string of the molecule is CCCCCC(O)CC(=O)CCc1ccc(O)c(OCN2C=C3N=CC(Cc4cccc(C(N)N)c4)=C3C2)c1. The first kappa shape index (κ1) is 28.5. The highest BCUT2D eigenvalue weighted by Crippen LogP contribution is 2.32. The number of ether oxygens (including phenoxy) is 1. The van der Waals surface area contributed by atoms with Crippen molar-refractivity contribution >= 4 is 12.0 Å². The van der Waals surface area contributed by atoms with Gasteiger partial charge in [-0.2, -0.15) is 0 Å². The molecule has 2 aliphatic rings. The molecular weight excluding hydrogens is 492 g/mol. The molecule has 2 heterocycles. The molecule has 0 spiro atoms. The molecule has 0 radical (unpaired) electrons. The van der Waals surface area contributed by atoms with E-state index in [-0.39, 0.29) is 24.7 Å². The molecule has 8 nitrogen and oxygen atoms in total. The van der Waals surface area contributed by atoms with E-state index in [1.165, 1.54) is 0 Å². The summed E-state index contributed by atoms with van der Waals surface area (Å²) in [6, 6.07) is 13.2. The highest BCUT2D eigenvalue weighted by molar-refractivity contribution is 5.87. The number of benzene rings is 2. The molecule has 0 aliphatic carbocycles. The van der Waals surface area contributed by atoms with Gasteiger partial charge in [0.2, 0.25) is 0 Å². The molecule has 4 rings (SSSR count). The predicted molar refractivity (Wildman–Crippen MR) is 153 cm³/mol. The number of carbonyl (C=O) groups excluding carboxylic acids is 1. The van der Waals surface area contributed by atoms with Crippen molar-refractivity contribution in [1.82, 2.24) is 4.90 Å². The number of rotatable bonds is 15. The summed E-state index contributed by atoms with van der Waals surface area (Å²) in [5.41, 5.74) is 17.8. The summed E-state index contributed by atoms with van der Waals surface area (Å²) < 4.78 is 5.95. The number of allylic oxidation sites excluding steroid dienone is 1. The fourth-order valence-electron chi connectivity index (χ4n) is 4.91. The molecule has 1 atom stereocenters. The summed E-state index contributed by atoms with van der Waals surface area (Å²) in [4.78, 5) is 18.9. The van der Waals surface area contributed by atoms with Crippen molar-refractivity contribution in [3.05, 3.63) is 82.2 Å². The fourth-order valence-corrected chi connectivity index (χ4v) is 4.91. The summed E-state index contributed by atoms with van der Waals surface area (Å²) in [5, 5.41) is 20.4. The first-order chi connectivity index (χ1) is 18.8. The Balaban J connectivity index is 1.29. The average Bonchev–Trinajstić information content (AvgIpc) is 3.49. The second kappa shape index (κ2) is 13.6. The van der Waals surface area contributed by atoms with Crippen LogP contribution in [0.4, 0.5) is 0 Å². The number of nitrogens with zero attached hydrogens (tertiary/aromatic N) is 2. The monoisotopic (exact) mass is 532 g/mol. The molecule has 2 aliphatic heterocycles. The maximum atomic E-state index is 12.3. The Morgan fingerprint density at radius 1 is 1.15 bits per heavy atom. The quantitative estimate of drug-likeness (QED) is 0.199. The smallest absolute Gasteiger partial charge is 0.163 e. The second-order valence-corrected chi connectivity index (χ2v) is 10.4. The molecule has 208 valence electrons. The minimum atomic E-state index is -0.564. The third-order valence-electron chi connectivity index (χ3n) is 7.16. The summed E-state index contributed by atoms with van der Waals surface area (Å²) in [7, 11) is 0. The van der Waals surface area contributed by atoms with Gasteiger partial charge in [-0.15, -0.1) is 0 Å². The Kier molecular flexibility index (Phi) is 9.92. The van der Waals surface area contributed by atoms with E-state index >= 15 is 0 Å². The van der Waals surface area contributed by atoms with Crippen LogP contribution in [0.2, 0.25) is 0 Å².